The zero-order chi connectivity index (χ0) is 17.1. The molecule has 24 heavy (non-hydrogen) atoms. The fraction of sp³-hybridized carbons (Fsp3) is 0.294. The number of nitrogens with one attached hydrogen (secondary N) is 1. The van der Waals surface area contributed by atoms with Crippen LogP contribution in [0.15, 0.2) is 30.3 Å². The number of benzene rings is 1. The van der Waals surface area contributed by atoms with E-state index in [-0.39, 0.29) is 11.6 Å². The molecule has 1 unspecified atom stereocenters. The molecule has 7 heteroatoms. The summed E-state index contributed by atoms with van der Waals surface area (Å²) in [6.45, 7) is 2.22. The molecule has 0 fully saturated rings. The highest BCUT2D eigenvalue weighted by Gasteiger charge is 2.20. The number of anilines is 1. The molecule has 0 spiro atoms. The molecular formula is C17H17N3O3S. The summed E-state index contributed by atoms with van der Waals surface area (Å²) in [6.07, 6.45) is 5.83. The molecule has 2 aromatic rings. The average Bonchev–Trinajstić information content (AvgIpc) is 2.94. The van der Waals surface area contributed by atoms with Crippen molar-refractivity contribution in [2.75, 3.05) is 5.32 Å². The van der Waals surface area contributed by atoms with Crippen LogP contribution < -0.4 is 5.32 Å². The molecule has 0 saturated heterocycles. The molecule has 1 aliphatic rings. The van der Waals surface area contributed by atoms with Crippen LogP contribution in [-0.2, 0) is 17.6 Å². The molecule has 0 radical (unpaired) electrons. The Hall–Kier alpha value is -2.54. The Morgan fingerprint density at radius 1 is 1.46 bits per heavy atom. The predicted octanol–water partition coefficient (Wildman–Crippen LogP) is 3.83. The van der Waals surface area contributed by atoms with Gasteiger partial charge in [0.1, 0.15) is 0 Å². The molecule has 1 amide bonds. The Kier molecular flexibility index (Phi) is 4.71. The number of hydrogen-bond donors (Lipinski definition) is 1. The summed E-state index contributed by atoms with van der Waals surface area (Å²) in [7, 11) is 0. The molecule has 1 atom stereocenters. The van der Waals surface area contributed by atoms with E-state index in [1.807, 2.05) is 0 Å². The third-order valence-corrected chi connectivity index (χ3v) is 5.00. The van der Waals surface area contributed by atoms with Crippen LogP contribution >= 0.6 is 11.3 Å². The van der Waals surface area contributed by atoms with E-state index in [1.54, 1.807) is 18.2 Å². The molecule has 1 aromatic heterocycles. The average molecular weight is 343 g/mol. The van der Waals surface area contributed by atoms with E-state index in [9.17, 15) is 14.9 Å². The highest BCUT2D eigenvalue weighted by molar-refractivity contribution is 7.15. The number of thiazole rings is 1. The smallest absolute Gasteiger partial charge is 0.276 e. The van der Waals surface area contributed by atoms with Gasteiger partial charge in [-0.15, -0.1) is 11.3 Å². The number of fused-ring (bicyclic) bond motifs is 1. The standard InChI is InChI=1S/C17H17N3O3S/c1-11-6-8-13-15(10-11)24-17(18-13)19-16(21)9-7-12-4-2-3-5-14(12)20(22)23/h2-5,7,9,11H,6,8,10H2,1H3,(H,18,19,21)/b9-7+. The van der Waals surface area contributed by atoms with Gasteiger partial charge in [-0.25, -0.2) is 4.98 Å². The fourth-order valence-electron chi connectivity index (χ4n) is 2.70. The molecule has 1 heterocycles. The van der Waals surface area contributed by atoms with Crippen molar-refractivity contribution >= 4 is 34.1 Å². The van der Waals surface area contributed by atoms with Crippen molar-refractivity contribution in [3.8, 4) is 0 Å². The third-order valence-electron chi connectivity index (χ3n) is 3.96. The molecular weight excluding hydrogens is 326 g/mol. The maximum Gasteiger partial charge on any atom is 0.276 e. The summed E-state index contributed by atoms with van der Waals surface area (Å²) >= 11 is 1.51. The van der Waals surface area contributed by atoms with Gasteiger partial charge in [0.25, 0.3) is 5.69 Å². The number of nitrogens with zero attached hydrogens (tertiary/aromatic N) is 2. The largest absolute Gasteiger partial charge is 0.298 e. The van der Waals surface area contributed by atoms with Gasteiger partial charge in [0.05, 0.1) is 16.2 Å². The molecule has 1 aromatic carbocycles. The summed E-state index contributed by atoms with van der Waals surface area (Å²) in [5, 5.41) is 14.3. The van der Waals surface area contributed by atoms with Crippen LogP contribution in [0.4, 0.5) is 10.8 Å². The summed E-state index contributed by atoms with van der Waals surface area (Å²) in [4.78, 5) is 28.3. The quantitative estimate of drug-likeness (QED) is 0.519. The first-order chi connectivity index (χ1) is 11.5. The molecule has 0 bridgehead atoms. The monoisotopic (exact) mass is 343 g/mol. The van der Waals surface area contributed by atoms with Gasteiger partial charge < -0.3 is 0 Å². The van der Waals surface area contributed by atoms with Crippen LogP contribution in [0.25, 0.3) is 6.08 Å². The zero-order valence-electron chi connectivity index (χ0n) is 13.2. The summed E-state index contributed by atoms with van der Waals surface area (Å²) in [5.41, 5.74) is 1.45. The molecule has 1 N–H and O–H groups in total. The number of para-hydroxylation sites is 1. The van der Waals surface area contributed by atoms with Crippen LogP contribution in [0, 0.1) is 16.0 Å². The van der Waals surface area contributed by atoms with Gasteiger partial charge >= 0.3 is 0 Å². The molecule has 6 nitrogen and oxygen atoms in total. The second-order valence-electron chi connectivity index (χ2n) is 5.88. The number of nitro benzene ring substituents is 1. The van der Waals surface area contributed by atoms with E-state index in [4.69, 9.17) is 0 Å². The fourth-order valence-corrected chi connectivity index (χ4v) is 3.87. The first-order valence-electron chi connectivity index (χ1n) is 7.74. The van der Waals surface area contributed by atoms with Crippen molar-refractivity contribution in [2.45, 2.75) is 26.2 Å². The lowest BCUT2D eigenvalue weighted by Crippen LogP contribution is -2.09. The number of rotatable bonds is 4. The number of aryl methyl sites for hydroxylation is 1. The van der Waals surface area contributed by atoms with Gasteiger partial charge in [0.2, 0.25) is 5.91 Å². The topological polar surface area (TPSA) is 85.1 Å². The number of aromatic nitrogens is 1. The number of amides is 1. The lowest BCUT2D eigenvalue weighted by Gasteiger charge is -2.15. The van der Waals surface area contributed by atoms with E-state index < -0.39 is 4.92 Å². The SMILES string of the molecule is CC1CCc2nc(NC(=O)/C=C/c3ccccc3[N+](=O)[O-])sc2C1. The summed E-state index contributed by atoms with van der Waals surface area (Å²) in [5.74, 6) is 0.312. The highest BCUT2D eigenvalue weighted by atomic mass is 32.1. The van der Waals surface area contributed by atoms with Crippen LogP contribution in [0.5, 0.6) is 0 Å². The second-order valence-corrected chi connectivity index (χ2v) is 6.96. The Bertz CT molecular complexity index is 813. The number of nitro groups is 1. The minimum absolute atomic E-state index is 0.0275. The lowest BCUT2D eigenvalue weighted by atomic mass is 9.93. The van der Waals surface area contributed by atoms with Gasteiger partial charge in [0.15, 0.2) is 5.13 Å². The maximum absolute atomic E-state index is 12.0. The van der Waals surface area contributed by atoms with Gasteiger partial charge in [-0.3, -0.25) is 20.2 Å². The van der Waals surface area contributed by atoms with Gasteiger partial charge in [0, 0.05) is 17.0 Å². The Morgan fingerprint density at radius 3 is 3.04 bits per heavy atom. The number of carbonyl (C=O) groups is 1. The summed E-state index contributed by atoms with van der Waals surface area (Å²) < 4.78 is 0. The number of carbonyl (C=O) groups excluding carboxylic acids is 1. The van der Waals surface area contributed by atoms with Crippen molar-refractivity contribution in [3.05, 3.63) is 56.6 Å². The van der Waals surface area contributed by atoms with E-state index >= 15 is 0 Å². The molecule has 3 rings (SSSR count). The van der Waals surface area contributed by atoms with Crippen molar-refractivity contribution in [2.24, 2.45) is 5.92 Å². The van der Waals surface area contributed by atoms with E-state index in [0.29, 0.717) is 16.6 Å². The van der Waals surface area contributed by atoms with Gasteiger partial charge in [-0.05, 0) is 37.3 Å². The first-order valence-corrected chi connectivity index (χ1v) is 8.55. The minimum atomic E-state index is -0.465. The summed E-state index contributed by atoms with van der Waals surface area (Å²) in [6, 6.07) is 6.30. The lowest BCUT2D eigenvalue weighted by molar-refractivity contribution is -0.385. The van der Waals surface area contributed by atoms with E-state index in [1.165, 1.54) is 34.4 Å². The van der Waals surface area contributed by atoms with E-state index in [0.717, 1.165) is 25.0 Å². The second kappa shape index (κ2) is 6.92. The Balaban J connectivity index is 1.69. The normalized spacial score (nSPS) is 16.8. The third kappa shape index (κ3) is 3.68. The first kappa shape index (κ1) is 16.3. The molecule has 1 aliphatic carbocycles. The van der Waals surface area contributed by atoms with Crippen LogP contribution in [0.3, 0.4) is 0 Å². The van der Waals surface area contributed by atoms with Crippen molar-refractivity contribution < 1.29 is 9.72 Å². The minimum Gasteiger partial charge on any atom is -0.298 e. The van der Waals surface area contributed by atoms with Gasteiger partial charge in [-0.1, -0.05) is 19.1 Å². The zero-order valence-corrected chi connectivity index (χ0v) is 14.0. The van der Waals surface area contributed by atoms with Gasteiger partial charge in [-0.2, -0.15) is 0 Å². The van der Waals surface area contributed by atoms with Crippen LogP contribution in [-0.4, -0.2) is 15.8 Å². The molecule has 0 saturated carbocycles. The predicted molar refractivity (Wildman–Crippen MR) is 94.1 cm³/mol. The van der Waals surface area contributed by atoms with E-state index in [2.05, 4.69) is 17.2 Å². The van der Waals surface area contributed by atoms with Crippen molar-refractivity contribution in [1.82, 2.24) is 4.98 Å². The molecule has 124 valence electrons. The van der Waals surface area contributed by atoms with Crippen LogP contribution in [0.2, 0.25) is 0 Å². The van der Waals surface area contributed by atoms with Crippen LogP contribution in [0.1, 0.15) is 29.5 Å². The Morgan fingerprint density at radius 2 is 2.25 bits per heavy atom. The number of hydrogen-bond acceptors (Lipinski definition) is 5. The van der Waals surface area contributed by atoms with Crippen molar-refractivity contribution in [3.63, 3.8) is 0 Å². The highest BCUT2D eigenvalue weighted by Crippen LogP contribution is 2.32. The maximum atomic E-state index is 12.0. The Labute approximate surface area is 143 Å². The van der Waals surface area contributed by atoms with Crippen molar-refractivity contribution in [1.29, 1.82) is 0 Å². The molecule has 0 aliphatic heterocycles.